The third kappa shape index (κ3) is 4.95. The van der Waals surface area contributed by atoms with Gasteiger partial charge in [0.1, 0.15) is 0 Å². The quantitative estimate of drug-likeness (QED) is 0.439. The van der Waals surface area contributed by atoms with Gasteiger partial charge in [-0.1, -0.05) is 53.5 Å². The molecule has 0 heterocycles. The van der Waals surface area contributed by atoms with Crippen LogP contribution in [0.15, 0.2) is 77.9 Å². The smallest absolute Gasteiger partial charge is 0.271 e. The van der Waals surface area contributed by atoms with Gasteiger partial charge in [-0.05, 0) is 30.3 Å². The Morgan fingerprint density at radius 2 is 1.43 bits per heavy atom. The molecular weight excluding hydrogens is 401 g/mol. The Morgan fingerprint density at radius 1 is 0.893 bits per heavy atom. The summed E-state index contributed by atoms with van der Waals surface area (Å²) in [6.45, 7) is 0. The van der Waals surface area contributed by atoms with Crippen molar-refractivity contribution in [3.63, 3.8) is 0 Å². The first-order valence-corrected chi connectivity index (χ1v) is 8.93. The maximum atomic E-state index is 12.4. The van der Waals surface area contributed by atoms with Crippen LogP contribution in [0.5, 0.6) is 0 Å². The highest BCUT2D eigenvalue weighted by atomic mass is 35.5. The third-order valence-electron chi connectivity index (χ3n) is 3.88. The molecule has 6 nitrogen and oxygen atoms in total. The van der Waals surface area contributed by atoms with E-state index in [9.17, 15) is 10.0 Å². The number of nitrogens with zero attached hydrogens (tertiary/aromatic N) is 1. The van der Waals surface area contributed by atoms with Gasteiger partial charge in [0, 0.05) is 38.9 Å². The zero-order valence-electron chi connectivity index (χ0n) is 14.4. The summed E-state index contributed by atoms with van der Waals surface area (Å²) in [6.07, 6.45) is 0. The minimum Gasteiger partial charge on any atom is -0.595 e. The topological polar surface area (TPSA) is 89.2 Å². The zero-order valence-corrected chi connectivity index (χ0v) is 15.9. The minimum atomic E-state index is -1.11. The highest BCUT2D eigenvalue weighted by molar-refractivity contribution is 6.31. The largest absolute Gasteiger partial charge is 0.595 e. The maximum absolute atomic E-state index is 12.4. The molecule has 1 amide bonds. The molecule has 3 rings (SSSR count). The van der Waals surface area contributed by atoms with Crippen LogP contribution in [0.1, 0.15) is 21.5 Å². The molecular formula is C20H15Cl2N3O3. The lowest BCUT2D eigenvalue weighted by molar-refractivity contribution is -0.991. The van der Waals surface area contributed by atoms with E-state index in [1.54, 1.807) is 48.5 Å². The van der Waals surface area contributed by atoms with Crippen molar-refractivity contribution in [2.45, 2.75) is 0 Å². The van der Waals surface area contributed by atoms with Gasteiger partial charge in [-0.25, -0.2) is 10.6 Å². The van der Waals surface area contributed by atoms with Gasteiger partial charge >= 0.3 is 0 Å². The van der Waals surface area contributed by atoms with Crippen molar-refractivity contribution in [2.75, 3.05) is 0 Å². The van der Waals surface area contributed by atoms with Crippen molar-refractivity contribution in [1.29, 1.82) is 0 Å². The SMILES string of the molecule is O=C(NN=C(c1ccc(Cl)cc1)c1ccc(Cl)cc1)c1cccc([NH+]([O-])O)c1. The van der Waals surface area contributed by atoms with Crippen LogP contribution in [0.3, 0.4) is 0 Å². The molecule has 0 saturated heterocycles. The summed E-state index contributed by atoms with van der Waals surface area (Å²) in [6, 6.07) is 19.7. The highest BCUT2D eigenvalue weighted by Crippen LogP contribution is 2.17. The number of rotatable bonds is 5. The number of carbonyl (C=O) groups is 1. The van der Waals surface area contributed by atoms with E-state index in [0.29, 0.717) is 15.8 Å². The molecule has 1 unspecified atom stereocenters. The van der Waals surface area contributed by atoms with Gasteiger partial charge in [-0.2, -0.15) is 10.3 Å². The molecule has 3 aromatic rings. The number of amides is 1. The predicted octanol–water partition coefficient (Wildman–Crippen LogP) is 3.58. The second kappa shape index (κ2) is 8.97. The van der Waals surface area contributed by atoms with Crippen LogP contribution in [0, 0.1) is 5.21 Å². The lowest BCUT2D eigenvalue weighted by Crippen LogP contribution is -2.99. The summed E-state index contributed by atoms with van der Waals surface area (Å²) in [4.78, 5) is 12.4. The Bertz CT molecular complexity index is 956. The fraction of sp³-hybridized carbons (Fsp3) is 0. The molecule has 8 heteroatoms. The van der Waals surface area contributed by atoms with Crippen LogP contribution < -0.4 is 10.7 Å². The average Bonchev–Trinajstić information content (AvgIpc) is 2.70. The molecule has 0 radical (unpaired) electrons. The molecule has 0 spiro atoms. The van der Waals surface area contributed by atoms with E-state index in [1.165, 1.54) is 24.3 Å². The van der Waals surface area contributed by atoms with Crippen molar-refractivity contribution in [2.24, 2.45) is 5.10 Å². The monoisotopic (exact) mass is 415 g/mol. The number of hydrazone groups is 1. The fourth-order valence-electron chi connectivity index (χ4n) is 2.48. The molecule has 3 N–H and O–H groups in total. The number of hydrogen-bond acceptors (Lipinski definition) is 4. The Kier molecular flexibility index (Phi) is 6.41. The number of carbonyl (C=O) groups excluding carboxylic acids is 1. The van der Waals surface area contributed by atoms with Crippen LogP contribution in [0.4, 0.5) is 5.69 Å². The van der Waals surface area contributed by atoms with Crippen molar-refractivity contribution in [3.05, 3.63) is 105 Å². The first-order chi connectivity index (χ1) is 13.4. The van der Waals surface area contributed by atoms with E-state index in [4.69, 9.17) is 28.4 Å². The predicted molar refractivity (Wildman–Crippen MR) is 108 cm³/mol. The number of benzene rings is 3. The van der Waals surface area contributed by atoms with E-state index < -0.39 is 11.1 Å². The first-order valence-electron chi connectivity index (χ1n) is 8.17. The van der Waals surface area contributed by atoms with Crippen LogP contribution in [0.25, 0.3) is 0 Å². The lowest BCUT2D eigenvalue weighted by Gasteiger charge is -2.12. The van der Waals surface area contributed by atoms with Crippen LogP contribution in [-0.4, -0.2) is 16.8 Å². The second-order valence-corrected chi connectivity index (χ2v) is 6.67. The van der Waals surface area contributed by atoms with Crippen molar-refractivity contribution < 1.29 is 15.2 Å². The normalized spacial score (nSPS) is 11.6. The molecule has 142 valence electrons. The molecule has 0 aliphatic rings. The molecule has 0 aromatic heterocycles. The van der Waals surface area contributed by atoms with Gasteiger partial charge in [0.05, 0.1) is 5.71 Å². The highest BCUT2D eigenvalue weighted by Gasteiger charge is 2.11. The van der Waals surface area contributed by atoms with E-state index in [2.05, 4.69) is 10.5 Å². The molecule has 0 fully saturated rings. The molecule has 0 bridgehead atoms. The van der Waals surface area contributed by atoms with E-state index >= 15 is 0 Å². The number of halogens is 2. The minimum absolute atomic E-state index is 0.0206. The lowest BCUT2D eigenvalue weighted by atomic mass is 10.0. The van der Waals surface area contributed by atoms with Crippen molar-refractivity contribution in [1.82, 2.24) is 5.43 Å². The first kappa shape index (κ1) is 20.0. The van der Waals surface area contributed by atoms with Gasteiger partial charge < -0.3 is 5.21 Å². The Morgan fingerprint density at radius 3 is 1.93 bits per heavy atom. The standard InChI is InChI=1S/C20H15Cl2N3O3/c21-16-8-4-13(5-9-16)19(14-6-10-17(22)11-7-14)23-24-20(26)15-2-1-3-18(12-15)25(27)28/h1-12,25,27H,(H,24,26). The average molecular weight is 416 g/mol. The Hall–Kier alpha value is -2.74. The molecule has 3 aromatic carbocycles. The summed E-state index contributed by atoms with van der Waals surface area (Å²) in [5.74, 6) is -0.525. The van der Waals surface area contributed by atoms with Crippen molar-refractivity contribution >= 4 is 40.5 Å². The third-order valence-corrected chi connectivity index (χ3v) is 4.38. The number of quaternary nitrogens is 1. The van der Waals surface area contributed by atoms with Crippen molar-refractivity contribution in [3.8, 4) is 0 Å². The summed E-state index contributed by atoms with van der Waals surface area (Å²) in [5.41, 5.74) is 4.69. The van der Waals surface area contributed by atoms with E-state index in [-0.39, 0.29) is 11.3 Å². The van der Waals surface area contributed by atoms with Gasteiger partial charge in [-0.3, -0.25) is 4.79 Å². The zero-order chi connectivity index (χ0) is 20.1. The van der Waals surface area contributed by atoms with Crippen LogP contribution in [-0.2, 0) is 0 Å². The Labute approximate surface area is 171 Å². The van der Waals surface area contributed by atoms with Gasteiger partial charge in [-0.15, -0.1) is 0 Å². The molecule has 0 aliphatic carbocycles. The maximum Gasteiger partial charge on any atom is 0.271 e. The summed E-state index contributed by atoms with van der Waals surface area (Å²) < 4.78 is 0. The molecule has 0 aliphatic heterocycles. The van der Waals surface area contributed by atoms with Crippen LogP contribution in [0.2, 0.25) is 10.0 Å². The van der Waals surface area contributed by atoms with Gasteiger partial charge in [0.15, 0.2) is 5.69 Å². The van der Waals surface area contributed by atoms with Crippen LogP contribution >= 0.6 is 23.2 Å². The summed E-state index contributed by atoms with van der Waals surface area (Å²) >= 11 is 11.9. The molecule has 1 atom stereocenters. The van der Waals surface area contributed by atoms with Gasteiger partial charge in [0.2, 0.25) is 0 Å². The Balaban J connectivity index is 1.92. The molecule has 28 heavy (non-hydrogen) atoms. The number of nitrogens with one attached hydrogen (secondary N) is 2. The number of hydrogen-bond donors (Lipinski definition) is 3. The van der Waals surface area contributed by atoms with Gasteiger partial charge in [0.25, 0.3) is 5.91 Å². The van der Waals surface area contributed by atoms with E-state index in [1.807, 2.05) is 0 Å². The molecule has 0 saturated carbocycles. The second-order valence-electron chi connectivity index (χ2n) is 5.80. The fourth-order valence-corrected chi connectivity index (χ4v) is 2.73. The summed E-state index contributed by atoms with van der Waals surface area (Å²) in [5, 5.41) is 24.5. The summed E-state index contributed by atoms with van der Waals surface area (Å²) in [7, 11) is 0. The van der Waals surface area contributed by atoms with E-state index in [0.717, 1.165) is 11.1 Å².